The number of halogens is 3. The fraction of sp³-hybridized carbons (Fsp3) is 0.235. The molecule has 2 rings (SSSR count). The van der Waals surface area contributed by atoms with Crippen LogP contribution in [0.15, 0.2) is 36.5 Å². The lowest BCUT2D eigenvalue weighted by atomic mass is 10.1. The molecule has 0 atom stereocenters. The monoisotopic (exact) mass is 349 g/mol. The number of Topliss-reactive ketones (excluding diaryl/α,β-unsaturated/α-hetero) is 1. The Morgan fingerprint density at radius 2 is 2.08 bits per heavy atom. The topological polar surface area (TPSA) is 75.0 Å². The van der Waals surface area contributed by atoms with Crippen LogP contribution in [0.3, 0.4) is 0 Å². The maximum Gasteiger partial charge on any atom is 0.422 e. The zero-order chi connectivity index (χ0) is 18.4. The summed E-state index contributed by atoms with van der Waals surface area (Å²) in [5, 5.41) is 12.1. The summed E-state index contributed by atoms with van der Waals surface area (Å²) in [5.74, 6) is -0.283. The molecule has 25 heavy (non-hydrogen) atoms. The summed E-state index contributed by atoms with van der Waals surface area (Å²) in [6.45, 7) is 0.218. The Balaban J connectivity index is 2.10. The molecular formula is C17H14F3N3O2. The van der Waals surface area contributed by atoms with Crippen molar-refractivity contribution in [3.8, 4) is 11.9 Å². The second kappa shape index (κ2) is 7.66. The van der Waals surface area contributed by atoms with E-state index >= 15 is 0 Å². The molecule has 2 aromatic rings. The van der Waals surface area contributed by atoms with Gasteiger partial charge in [-0.25, -0.2) is 4.98 Å². The van der Waals surface area contributed by atoms with Gasteiger partial charge < -0.3 is 10.1 Å². The SMILES string of the molecule is CC(=O)c1ccc(C#N)c(NCc2ccnc(OCC(F)(F)F)c2)c1. The zero-order valence-electron chi connectivity index (χ0n) is 13.2. The second-order valence-electron chi connectivity index (χ2n) is 5.19. The average molecular weight is 349 g/mol. The van der Waals surface area contributed by atoms with Crippen LogP contribution in [0.25, 0.3) is 0 Å². The third kappa shape index (κ3) is 5.49. The predicted octanol–water partition coefficient (Wildman–Crippen LogP) is 3.71. The van der Waals surface area contributed by atoms with Crippen LogP contribution in [-0.2, 0) is 6.54 Å². The molecule has 1 aromatic heterocycles. The lowest BCUT2D eigenvalue weighted by molar-refractivity contribution is -0.154. The number of alkyl halides is 3. The van der Waals surface area contributed by atoms with Crippen molar-refractivity contribution < 1.29 is 22.7 Å². The van der Waals surface area contributed by atoms with E-state index in [2.05, 4.69) is 15.0 Å². The van der Waals surface area contributed by atoms with Crippen LogP contribution in [0.1, 0.15) is 28.4 Å². The van der Waals surface area contributed by atoms with Crippen molar-refractivity contribution in [2.24, 2.45) is 0 Å². The number of aromatic nitrogens is 1. The molecule has 0 unspecified atom stereocenters. The fourth-order valence-electron chi connectivity index (χ4n) is 2.00. The van der Waals surface area contributed by atoms with Gasteiger partial charge in [0.15, 0.2) is 12.4 Å². The van der Waals surface area contributed by atoms with Crippen molar-refractivity contribution in [1.82, 2.24) is 4.98 Å². The minimum atomic E-state index is -4.44. The largest absolute Gasteiger partial charge is 0.468 e. The number of nitrogens with zero attached hydrogens (tertiary/aromatic N) is 2. The van der Waals surface area contributed by atoms with Gasteiger partial charge in [0.2, 0.25) is 5.88 Å². The number of benzene rings is 1. The smallest absolute Gasteiger partial charge is 0.422 e. The van der Waals surface area contributed by atoms with Crippen LogP contribution in [-0.4, -0.2) is 23.6 Å². The number of anilines is 1. The van der Waals surface area contributed by atoms with Crippen LogP contribution in [0.2, 0.25) is 0 Å². The number of nitrogens with one attached hydrogen (secondary N) is 1. The fourth-order valence-corrected chi connectivity index (χ4v) is 2.00. The molecule has 5 nitrogen and oxygen atoms in total. The third-order valence-electron chi connectivity index (χ3n) is 3.21. The molecular weight excluding hydrogens is 335 g/mol. The van der Waals surface area contributed by atoms with Crippen molar-refractivity contribution in [2.75, 3.05) is 11.9 Å². The molecule has 1 aromatic carbocycles. The Labute approximate surface area is 142 Å². The highest BCUT2D eigenvalue weighted by molar-refractivity contribution is 5.95. The number of carbonyl (C=O) groups excluding carboxylic acids is 1. The maximum absolute atomic E-state index is 12.2. The molecule has 1 heterocycles. The van der Waals surface area contributed by atoms with E-state index in [-0.39, 0.29) is 18.2 Å². The molecule has 0 saturated carbocycles. The van der Waals surface area contributed by atoms with Gasteiger partial charge >= 0.3 is 6.18 Å². The van der Waals surface area contributed by atoms with Gasteiger partial charge in [-0.3, -0.25) is 4.79 Å². The van der Waals surface area contributed by atoms with Crippen LogP contribution in [0.4, 0.5) is 18.9 Å². The van der Waals surface area contributed by atoms with E-state index in [0.717, 1.165) is 0 Å². The van der Waals surface area contributed by atoms with Gasteiger partial charge in [0, 0.05) is 24.4 Å². The molecule has 0 aliphatic heterocycles. The number of hydrogen-bond acceptors (Lipinski definition) is 5. The van der Waals surface area contributed by atoms with E-state index in [9.17, 15) is 18.0 Å². The molecule has 1 N–H and O–H groups in total. The Morgan fingerprint density at radius 1 is 1.32 bits per heavy atom. The number of ether oxygens (including phenoxy) is 1. The third-order valence-corrected chi connectivity index (χ3v) is 3.21. The Bertz CT molecular complexity index is 814. The number of hydrogen-bond donors (Lipinski definition) is 1. The van der Waals surface area contributed by atoms with E-state index in [1.165, 1.54) is 25.3 Å². The number of ketones is 1. The first-order valence-electron chi connectivity index (χ1n) is 7.22. The molecule has 8 heteroatoms. The first kappa shape index (κ1) is 18.3. The van der Waals surface area contributed by atoms with Crippen molar-refractivity contribution >= 4 is 11.5 Å². The van der Waals surface area contributed by atoms with Crippen LogP contribution in [0, 0.1) is 11.3 Å². The maximum atomic E-state index is 12.2. The first-order chi connectivity index (χ1) is 11.8. The van der Waals surface area contributed by atoms with Gasteiger partial charge in [-0.05, 0) is 36.8 Å². The summed E-state index contributed by atoms with van der Waals surface area (Å²) in [6.07, 6.45) is -3.11. The molecule has 0 fully saturated rings. The van der Waals surface area contributed by atoms with E-state index < -0.39 is 12.8 Å². The summed E-state index contributed by atoms with van der Waals surface area (Å²) in [4.78, 5) is 15.2. The van der Waals surface area contributed by atoms with Gasteiger partial charge in [0.25, 0.3) is 0 Å². The van der Waals surface area contributed by atoms with E-state index in [1.54, 1.807) is 18.2 Å². The van der Waals surface area contributed by atoms with Gasteiger partial charge in [0.05, 0.1) is 11.3 Å². The quantitative estimate of drug-likeness (QED) is 0.805. The van der Waals surface area contributed by atoms with Crippen molar-refractivity contribution in [3.05, 3.63) is 53.2 Å². The predicted molar refractivity (Wildman–Crippen MR) is 84.3 cm³/mol. The molecule has 130 valence electrons. The Kier molecular flexibility index (Phi) is 5.60. The van der Waals surface area contributed by atoms with Crippen molar-refractivity contribution in [3.63, 3.8) is 0 Å². The van der Waals surface area contributed by atoms with Crippen LogP contribution in [0.5, 0.6) is 5.88 Å². The lowest BCUT2D eigenvalue weighted by Gasteiger charge is -2.11. The molecule has 0 saturated heterocycles. The number of carbonyl (C=O) groups is 1. The van der Waals surface area contributed by atoms with E-state index in [4.69, 9.17) is 5.26 Å². The normalized spacial score (nSPS) is 10.8. The Hall–Kier alpha value is -3.08. The zero-order valence-corrected chi connectivity index (χ0v) is 13.2. The summed E-state index contributed by atoms with van der Waals surface area (Å²) < 4.78 is 41.1. The lowest BCUT2D eigenvalue weighted by Crippen LogP contribution is -2.19. The molecule has 0 amide bonds. The van der Waals surface area contributed by atoms with Crippen molar-refractivity contribution in [1.29, 1.82) is 5.26 Å². The molecule has 0 bridgehead atoms. The summed E-state index contributed by atoms with van der Waals surface area (Å²) in [7, 11) is 0. The minimum absolute atomic E-state index is 0.140. The molecule has 0 spiro atoms. The highest BCUT2D eigenvalue weighted by atomic mass is 19.4. The molecule has 0 aliphatic rings. The summed E-state index contributed by atoms with van der Waals surface area (Å²) >= 11 is 0. The highest BCUT2D eigenvalue weighted by Crippen LogP contribution is 2.20. The van der Waals surface area contributed by atoms with E-state index in [1.807, 2.05) is 6.07 Å². The minimum Gasteiger partial charge on any atom is -0.468 e. The van der Waals surface area contributed by atoms with Gasteiger partial charge in [0.1, 0.15) is 6.07 Å². The molecule has 0 radical (unpaired) electrons. The van der Waals surface area contributed by atoms with E-state index in [0.29, 0.717) is 22.4 Å². The Morgan fingerprint density at radius 3 is 2.72 bits per heavy atom. The molecule has 0 aliphatic carbocycles. The first-order valence-corrected chi connectivity index (χ1v) is 7.22. The van der Waals surface area contributed by atoms with Crippen LogP contribution < -0.4 is 10.1 Å². The van der Waals surface area contributed by atoms with Crippen molar-refractivity contribution in [2.45, 2.75) is 19.6 Å². The standard InChI is InChI=1S/C17H14F3N3O2/c1-11(24)13-2-3-14(8-21)15(7-13)23-9-12-4-5-22-16(6-12)25-10-17(18,19)20/h2-7,23H,9-10H2,1H3. The summed E-state index contributed by atoms with van der Waals surface area (Å²) in [5.41, 5.74) is 1.88. The number of nitriles is 1. The van der Waals surface area contributed by atoms with Gasteiger partial charge in [-0.2, -0.15) is 18.4 Å². The summed E-state index contributed by atoms with van der Waals surface area (Å²) in [6, 6.07) is 9.64. The van der Waals surface area contributed by atoms with Crippen LogP contribution >= 0.6 is 0 Å². The number of pyridine rings is 1. The van der Waals surface area contributed by atoms with Gasteiger partial charge in [-0.1, -0.05) is 0 Å². The second-order valence-corrected chi connectivity index (χ2v) is 5.19. The highest BCUT2D eigenvalue weighted by Gasteiger charge is 2.28. The average Bonchev–Trinajstić information content (AvgIpc) is 2.57. The van der Waals surface area contributed by atoms with Gasteiger partial charge in [-0.15, -0.1) is 0 Å². The number of rotatable bonds is 6.